The number of carbonyl (C=O) groups excluding carboxylic acids is 1. The van der Waals surface area contributed by atoms with E-state index in [1.807, 2.05) is 12.1 Å². The van der Waals surface area contributed by atoms with Crippen LogP contribution in [0.25, 0.3) is 0 Å². The highest BCUT2D eigenvalue weighted by atomic mass is 16.6. The van der Waals surface area contributed by atoms with Gasteiger partial charge in [-0.05, 0) is 24.3 Å². The lowest BCUT2D eigenvalue weighted by atomic mass is 10.1. The van der Waals surface area contributed by atoms with Gasteiger partial charge in [0, 0.05) is 18.2 Å². The predicted molar refractivity (Wildman–Crippen MR) is 88.6 cm³/mol. The highest BCUT2D eigenvalue weighted by Gasteiger charge is 2.16. The van der Waals surface area contributed by atoms with Gasteiger partial charge in [-0.2, -0.15) is 0 Å². The summed E-state index contributed by atoms with van der Waals surface area (Å²) in [6.45, 7) is 0.601. The number of hydrogen-bond donors (Lipinski definition) is 2. The molecule has 24 heavy (non-hydrogen) atoms. The Hall–Kier alpha value is -3.29. The maximum atomic E-state index is 11.1. The first-order valence-electron chi connectivity index (χ1n) is 7.11. The number of nitrogens with one attached hydrogen (secondary N) is 1. The smallest absolute Gasteiger partial charge is 0.293 e. The zero-order chi connectivity index (χ0) is 17.5. The van der Waals surface area contributed by atoms with Crippen LogP contribution in [0, 0.1) is 10.1 Å². The second kappa shape index (κ2) is 7.82. The summed E-state index contributed by atoms with van der Waals surface area (Å²) in [7, 11) is 1.55. The Balaban J connectivity index is 1.99. The highest BCUT2D eigenvalue weighted by molar-refractivity contribution is 5.94. The van der Waals surface area contributed by atoms with Crippen molar-refractivity contribution in [3.63, 3.8) is 0 Å². The van der Waals surface area contributed by atoms with E-state index >= 15 is 0 Å². The number of rotatable bonds is 8. The third kappa shape index (κ3) is 4.13. The van der Waals surface area contributed by atoms with Gasteiger partial charge in [-0.15, -0.1) is 0 Å². The van der Waals surface area contributed by atoms with Crippen molar-refractivity contribution >= 4 is 17.3 Å². The van der Waals surface area contributed by atoms with E-state index in [-0.39, 0.29) is 23.5 Å². The number of nitro benzene ring substituents is 1. The summed E-state index contributed by atoms with van der Waals surface area (Å²) in [6, 6.07) is 11.2. The molecule has 0 saturated heterocycles. The van der Waals surface area contributed by atoms with Gasteiger partial charge in [0.25, 0.3) is 5.69 Å². The molecular formula is C16H17N3O5. The van der Waals surface area contributed by atoms with Crippen LogP contribution in [0.5, 0.6) is 11.5 Å². The average molecular weight is 331 g/mol. The van der Waals surface area contributed by atoms with Gasteiger partial charge in [0.2, 0.25) is 5.91 Å². The number of para-hydroxylation sites is 2. The number of nitrogens with two attached hydrogens (primary N) is 1. The van der Waals surface area contributed by atoms with Crippen molar-refractivity contribution in [3.05, 3.63) is 58.1 Å². The van der Waals surface area contributed by atoms with E-state index in [0.29, 0.717) is 18.0 Å². The van der Waals surface area contributed by atoms with E-state index in [1.165, 1.54) is 12.1 Å². The highest BCUT2D eigenvalue weighted by Crippen LogP contribution is 2.27. The van der Waals surface area contributed by atoms with Crippen LogP contribution in [-0.2, 0) is 0 Å². The fraction of sp³-hybridized carbons (Fsp3) is 0.188. The van der Waals surface area contributed by atoms with Crippen LogP contribution in [0.4, 0.5) is 11.4 Å². The molecule has 0 spiro atoms. The first kappa shape index (κ1) is 17.1. The van der Waals surface area contributed by atoms with Crippen molar-refractivity contribution in [2.45, 2.75) is 0 Å². The molecule has 2 aromatic rings. The fourth-order valence-electron chi connectivity index (χ4n) is 2.07. The lowest BCUT2D eigenvalue weighted by molar-refractivity contribution is -0.384. The van der Waals surface area contributed by atoms with Crippen molar-refractivity contribution in [3.8, 4) is 11.5 Å². The monoisotopic (exact) mass is 331 g/mol. The molecular weight excluding hydrogens is 314 g/mol. The molecule has 0 heterocycles. The number of nitrogens with zero attached hydrogens (tertiary/aromatic N) is 1. The number of methoxy groups -OCH3 is 1. The van der Waals surface area contributed by atoms with Crippen molar-refractivity contribution in [1.82, 2.24) is 0 Å². The third-order valence-corrected chi connectivity index (χ3v) is 3.22. The van der Waals surface area contributed by atoms with Crippen LogP contribution in [0.3, 0.4) is 0 Å². The summed E-state index contributed by atoms with van der Waals surface area (Å²) in [5.41, 5.74) is 5.28. The van der Waals surface area contributed by atoms with Crippen LogP contribution in [-0.4, -0.2) is 31.1 Å². The third-order valence-electron chi connectivity index (χ3n) is 3.22. The summed E-state index contributed by atoms with van der Waals surface area (Å²) >= 11 is 0. The molecule has 0 aromatic heterocycles. The fourth-order valence-corrected chi connectivity index (χ4v) is 2.07. The molecule has 0 aliphatic rings. The molecule has 1 amide bonds. The molecule has 0 atom stereocenters. The zero-order valence-corrected chi connectivity index (χ0v) is 13.0. The summed E-state index contributed by atoms with van der Waals surface area (Å²) in [6.07, 6.45) is 0. The second-order valence-corrected chi connectivity index (χ2v) is 4.78. The molecule has 2 rings (SSSR count). The normalized spacial score (nSPS) is 10.0. The number of amides is 1. The molecule has 0 aliphatic carbocycles. The SMILES string of the molecule is COc1ccccc1OCCNc1ccc(C(N)=O)cc1[N+](=O)[O-]. The van der Waals surface area contributed by atoms with Crippen molar-refractivity contribution < 1.29 is 19.2 Å². The number of carbonyl (C=O) groups is 1. The maximum absolute atomic E-state index is 11.1. The van der Waals surface area contributed by atoms with Gasteiger partial charge in [0.1, 0.15) is 12.3 Å². The Labute approximate surface area is 138 Å². The largest absolute Gasteiger partial charge is 0.493 e. The number of nitro groups is 1. The van der Waals surface area contributed by atoms with Gasteiger partial charge >= 0.3 is 0 Å². The van der Waals surface area contributed by atoms with Gasteiger partial charge in [-0.3, -0.25) is 14.9 Å². The molecule has 0 radical (unpaired) electrons. The first-order valence-corrected chi connectivity index (χ1v) is 7.11. The molecule has 126 valence electrons. The minimum Gasteiger partial charge on any atom is -0.493 e. The Kier molecular flexibility index (Phi) is 5.56. The minimum atomic E-state index is -0.718. The lowest BCUT2D eigenvalue weighted by Gasteiger charge is -2.11. The molecule has 3 N–H and O–H groups in total. The molecule has 8 nitrogen and oxygen atoms in total. The van der Waals surface area contributed by atoms with Crippen LogP contribution in [0.1, 0.15) is 10.4 Å². The molecule has 8 heteroatoms. The van der Waals surface area contributed by atoms with Crippen molar-refractivity contribution in [1.29, 1.82) is 0 Å². The summed E-state index contributed by atoms with van der Waals surface area (Å²) in [5.74, 6) is 0.471. The number of benzene rings is 2. The van der Waals surface area contributed by atoms with E-state index in [2.05, 4.69) is 5.32 Å². The van der Waals surface area contributed by atoms with Gasteiger partial charge < -0.3 is 20.5 Å². The topological polar surface area (TPSA) is 117 Å². The predicted octanol–water partition coefficient (Wildman–Crippen LogP) is 2.19. The van der Waals surface area contributed by atoms with Gasteiger partial charge in [0.15, 0.2) is 11.5 Å². The van der Waals surface area contributed by atoms with Crippen LogP contribution in [0.15, 0.2) is 42.5 Å². The maximum Gasteiger partial charge on any atom is 0.293 e. The van der Waals surface area contributed by atoms with E-state index in [4.69, 9.17) is 15.2 Å². The minimum absolute atomic E-state index is 0.0810. The summed E-state index contributed by atoms with van der Waals surface area (Å²) < 4.78 is 10.7. The Morgan fingerprint density at radius 2 is 1.96 bits per heavy atom. The molecule has 2 aromatic carbocycles. The Bertz CT molecular complexity index is 748. The standard InChI is InChI=1S/C16H17N3O5/c1-23-14-4-2-3-5-15(14)24-9-8-18-12-7-6-11(16(17)20)10-13(12)19(21)22/h2-7,10,18H,8-9H2,1H3,(H2,17,20). The van der Waals surface area contributed by atoms with E-state index in [0.717, 1.165) is 6.07 Å². The van der Waals surface area contributed by atoms with E-state index in [1.54, 1.807) is 19.2 Å². The number of anilines is 1. The van der Waals surface area contributed by atoms with E-state index in [9.17, 15) is 14.9 Å². The number of hydrogen-bond acceptors (Lipinski definition) is 6. The zero-order valence-electron chi connectivity index (χ0n) is 13.0. The summed E-state index contributed by atoms with van der Waals surface area (Å²) in [5, 5.41) is 14.0. The van der Waals surface area contributed by atoms with E-state index < -0.39 is 10.8 Å². The van der Waals surface area contributed by atoms with Crippen LogP contribution in [0.2, 0.25) is 0 Å². The quantitative estimate of drug-likeness (QED) is 0.435. The number of ether oxygens (including phenoxy) is 2. The first-order chi connectivity index (χ1) is 11.5. The molecule has 0 aliphatic heterocycles. The molecule has 0 fully saturated rings. The lowest BCUT2D eigenvalue weighted by Crippen LogP contribution is -2.14. The van der Waals surface area contributed by atoms with Gasteiger partial charge in [0.05, 0.1) is 12.0 Å². The molecule has 0 unspecified atom stereocenters. The van der Waals surface area contributed by atoms with Crippen molar-refractivity contribution in [2.75, 3.05) is 25.6 Å². The van der Waals surface area contributed by atoms with Crippen LogP contribution < -0.4 is 20.5 Å². The number of primary amides is 1. The molecule has 0 bridgehead atoms. The van der Waals surface area contributed by atoms with Gasteiger partial charge in [-0.25, -0.2) is 0 Å². The second-order valence-electron chi connectivity index (χ2n) is 4.78. The summed E-state index contributed by atoms with van der Waals surface area (Å²) in [4.78, 5) is 21.6. The van der Waals surface area contributed by atoms with Crippen LogP contribution >= 0.6 is 0 Å². The Morgan fingerprint density at radius 1 is 1.25 bits per heavy atom. The van der Waals surface area contributed by atoms with Gasteiger partial charge in [-0.1, -0.05) is 12.1 Å². The molecule has 0 saturated carbocycles. The van der Waals surface area contributed by atoms with Crippen molar-refractivity contribution in [2.24, 2.45) is 5.73 Å². The Morgan fingerprint density at radius 3 is 2.58 bits per heavy atom. The average Bonchev–Trinajstić information content (AvgIpc) is 2.58.